The first-order valence-corrected chi connectivity index (χ1v) is 5.77. The van der Waals surface area contributed by atoms with Crippen molar-refractivity contribution in [3.63, 3.8) is 0 Å². The van der Waals surface area contributed by atoms with Crippen molar-refractivity contribution in [2.45, 2.75) is 25.9 Å². The summed E-state index contributed by atoms with van der Waals surface area (Å²) in [5.41, 5.74) is 6.93. The van der Waals surface area contributed by atoms with Crippen LogP contribution in [0.15, 0.2) is 12.3 Å². The quantitative estimate of drug-likeness (QED) is 0.831. The van der Waals surface area contributed by atoms with Gasteiger partial charge in [-0.15, -0.1) is 0 Å². The molecule has 104 valence electrons. The van der Waals surface area contributed by atoms with Gasteiger partial charge in [-0.05, 0) is 12.0 Å². The lowest BCUT2D eigenvalue weighted by molar-refractivity contribution is -0.0698. The van der Waals surface area contributed by atoms with E-state index in [1.807, 2.05) is 0 Å². The molecule has 6 heteroatoms. The van der Waals surface area contributed by atoms with E-state index in [4.69, 9.17) is 5.73 Å². The third-order valence-electron chi connectivity index (χ3n) is 2.61. The van der Waals surface area contributed by atoms with Crippen molar-refractivity contribution in [3.05, 3.63) is 17.8 Å². The molecule has 1 rings (SSSR count). The summed E-state index contributed by atoms with van der Waals surface area (Å²) in [6.45, 7) is 3.59. The molecule has 1 heterocycles. The molecule has 0 bridgehead atoms. The van der Waals surface area contributed by atoms with E-state index >= 15 is 0 Å². The third-order valence-corrected chi connectivity index (χ3v) is 2.61. The van der Waals surface area contributed by atoms with Gasteiger partial charge in [0, 0.05) is 18.5 Å². The van der Waals surface area contributed by atoms with E-state index in [-0.39, 0.29) is 11.7 Å². The van der Waals surface area contributed by atoms with Crippen LogP contribution in [0.3, 0.4) is 0 Å². The number of pyridine rings is 1. The zero-order valence-electron chi connectivity index (χ0n) is 11.0. The van der Waals surface area contributed by atoms with Crippen LogP contribution in [-0.4, -0.2) is 18.2 Å². The molecule has 3 nitrogen and oxygen atoms in total. The summed E-state index contributed by atoms with van der Waals surface area (Å²) in [6.07, 6.45) is -2.98. The molecule has 19 heavy (non-hydrogen) atoms. The van der Waals surface area contributed by atoms with Crippen molar-refractivity contribution in [1.29, 1.82) is 0 Å². The lowest BCUT2D eigenvalue weighted by Crippen LogP contribution is -2.11. The second kappa shape index (κ2) is 5.83. The molecule has 0 spiro atoms. The Morgan fingerprint density at radius 3 is 2.47 bits per heavy atom. The number of rotatable bonds is 3. The standard InChI is InChI=1S/C13H16F3N3/c1-8(2)10(4-5-13(14,15)16)11-6-9(18-3)7-19-12(11)17/h6-8,10,18H,1-3H3,(H2,17,19)/t10-/m0/s1. The number of nitrogens with two attached hydrogens (primary N) is 1. The van der Waals surface area contributed by atoms with E-state index < -0.39 is 12.1 Å². The van der Waals surface area contributed by atoms with Gasteiger partial charge in [-0.3, -0.25) is 0 Å². The normalized spacial score (nSPS) is 12.8. The van der Waals surface area contributed by atoms with Crippen molar-refractivity contribution >= 4 is 11.5 Å². The molecule has 0 saturated carbocycles. The fourth-order valence-electron chi connectivity index (χ4n) is 1.64. The Kier molecular flexibility index (Phi) is 4.65. The summed E-state index contributed by atoms with van der Waals surface area (Å²) < 4.78 is 36.6. The summed E-state index contributed by atoms with van der Waals surface area (Å²) in [5.74, 6) is 3.05. The molecule has 3 N–H and O–H groups in total. The van der Waals surface area contributed by atoms with E-state index in [1.165, 1.54) is 12.1 Å². The number of nitrogens with zero attached hydrogens (tertiary/aromatic N) is 1. The molecule has 0 aliphatic heterocycles. The molecule has 0 aromatic carbocycles. The van der Waals surface area contributed by atoms with Crippen LogP contribution in [0.5, 0.6) is 0 Å². The topological polar surface area (TPSA) is 50.9 Å². The Hall–Kier alpha value is -1.90. The molecule has 0 aliphatic rings. The summed E-state index contributed by atoms with van der Waals surface area (Å²) >= 11 is 0. The van der Waals surface area contributed by atoms with Crippen LogP contribution in [-0.2, 0) is 0 Å². The van der Waals surface area contributed by atoms with Gasteiger partial charge in [-0.25, -0.2) is 4.98 Å². The van der Waals surface area contributed by atoms with Crippen molar-refractivity contribution in [2.24, 2.45) is 5.92 Å². The largest absolute Gasteiger partial charge is 0.457 e. The second-order valence-electron chi connectivity index (χ2n) is 4.44. The monoisotopic (exact) mass is 271 g/mol. The number of nitrogens with one attached hydrogen (secondary N) is 1. The first-order chi connectivity index (χ1) is 8.74. The van der Waals surface area contributed by atoms with Gasteiger partial charge in [-0.2, -0.15) is 13.2 Å². The Balaban J connectivity index is 3.22. The summed E-state index contributed by atoms with van der Waals surface area (Å²) in [5, 5.41) is 2.87. The Morgan fingerprint density at radius 2 is 2.00 bits per heavy atom. The number of anilines is 2. The molecule has 0 unspecified atom stereocenters. The van der Waals surface area contributed by atoms with Crippen LogP contribution < -0.4 is 11.1 Å². The Bertz CT molecular complexity index is 498. The number of aromatic nitrogens is 1. The molecule has 1 aromatic rings. The average Bonchev–Trinajstić information content (AvgIpc) is 2.29. The predicted molar refractivity (Wildman–Crippen MR) is 69.6 cm³/mol. The van der Waals surface area contributed by atoms with Crippen molar-refractivity contribution < 1.29 is 13.2 Å². The van der Waals surface area contributed by atoms with Crippen molar-refractivity contribution in [2.75, 3.05) is 18.1 Å². The van der Waals surface area contributed by atoms with Crippen molar-refractivity contribution in [1.82, 2.24) is 4.98 Å². The molecule has 1 atom stereocenters. The van der Waals surface area contributed by atoms with Crippen LogP contribution in [0.2, 0.25) is 0 Å². The third kappa shape index (κ3) is 4.36. The van der Waals surface area contributed by atoms with Crippen molar-refractivity contribution in [3.8, 4) is 11.8 Å². The van der Waals surface area contributed by atoms with Crippen LogP contribution >= 0.6 is 0 Å². The maximum atomic E-state index is 12.2. The van der Waals surface area contributed by atoms with Crippen LogP contribution in [0.25, 0.3) is 0 Å². The SMILES string of the molecule is CNc1cnc(N)c([C@@H](C#CC(F)(F)F)C(C)C)c1. The number of hydrogen-bond acceptors (Lipinski definition) is 3. The van der Waals surface area contributed by atoms with E-state index in [1.54, 1.807) is 27.0 Å². The van der Waals surface area contributed by atoms with Gasteiger partial charge in [0.05, 0.1) is 17.8 Å². The average molecular weight is 271 g/mol. The highest BCUT2D eigenvalue weighted by Gasteiger charge is 2.25. The van der Waals surface area contributed by atoms with Crippen LogP contribution in [0.1, 0.15) is 25.3 Å². The maximum absolute atomic E-state index is 12.2. The molecule has 0 saturated heterocycles. The molecule has 0 radical (unpaired) electrons. The predicted octanol–water partition coefficient (Wildman–Crippen LogP) is 3.01. The molecular weight excluding hydrogens is 255 g/mol. The Labute approximate surface area is 110 Å². The highest BCUT2D eigenvalue weighted by molar-refractivity contribution is 5.54. The smallest absolute Gasteiger partial charge is 0.387 e. The Morgan fingerprint density at radius 1 is 1.37 bits per heavy atom. The van der Waals surface area contributed by atoms with Gasteiger partial charge in [0.25, 0.3) is 0 Å². The number of halogens is 3. The van der Waals surface area contributed by atoms with Gasteiger partial charge in [0.1, 0.15) is 5.82 Å². The minimum atomic E-state index is -4.50. The van der Waals surface area contributed by atoms with Gasteiger partial charge in [0.2, 0.25) is 0 Å². The van der Waals surface area contributed by atoms with Crippen LogP contribution in [0.4, 0.5) is 24.7 Å². The van der Waals surface area contributed by atoms with Gasteiger partial charge < -0.3 is 11.1 Å². The summed E-state index contributed by atoms with van der Waals surface area (Å²) in [6, 6.07) is 1.68. The fourth-order valence-corrected chi connectivity index (χ4v) is 1.64. The highest BCUT2D eigenvalue weighted by Crippen LogP contribution is 2.29. The van der Waals surface area contributed by atoms with Crippen LogP contribution in [0, 0.1) is 17.8 Å². The second-order valence-corrected chi connectivity index (χ2v) is 4.44. The lowest BCUT2D eigenvalue weighted by Gasteiger charge is -2.17. The summed E-state index contributed by atoms with van der Waals surface area (Å²) in [7, 11) is 1.70. The van der Waals surface area contributed by atoms with E-state index in [0.717, 1.165) is 0 Å². The molecular formula is C13H16F3N3. The molecule has 0 fully saturated rings. The number of nitrogen functional groups attached to an aromatic ring is 1. The van der Waals surface area contributed by atoms with E-state index in [2.05, 4.69) is 16.2 Å². The molecule has 0 aliphatic carbocycles. The fraction of sp³-hybridized carbons (Fsp3) is 0.462. The van der Waals surface area contributed by atoms with Gasteiger partial charge in [-0.1, -0.05) is 19.8 Å². The zero-order valence-corrected chi connectivity index (χ0v) is 11.0. The number of alkyl halides is 3. The maximum Gasteiger partial charge on any atom is 0.457 e. The lowest BCUT2D eigenvalue weighted by atomic mass is 9.89. The minimum Gasteiger partial charge on any atom is -0.387 e. The minimum absolute atomic E-state index is 0.106. The molecule has 1 aromatic heterocycles. The van der Waals surface area contributed by atoms with E-state index in [0.29, 0.717) is 11.3 Å². The number of hydrogen-bond donors (Lipinski definition) is 2. The van der Waals surface area contributed by atoms with E-state index in [9.17, 15) is 13.2 Å². The molecule has 0 amide bonds. The zero-order chi connectivity index (χ0) is 14.6. The first kappa shape index (κ1) is 15.2. The summed E-state index contributed by atoms with van der Waals surface area (Å²) in [4.78, 5) is 3.96. The van der Waals surface area contributed by atoms with Gasteiger partial charge >= 0.3 is 6.18 Å². The highest BCUT2D eigenvalue weighted by atomic mass is 19.4. The first-order valence-electron chi connectivity index (χ1n) is 5.77. The van der Waals surface area contributed by atoms with Gasteiger partial charge in [0.15, 0.2) is 0 Å².